The number of nitrogens with one attached hydrogen (secondary N) is 2. The van der Waals surface area contributed by atoms with Crippen LogP contribution in [0.3, 0.4) is 0 Å². The lowest BCUT2D eigenvalue weighted by molar-refractivity contribution is 0.0953. The number of halogens is 2. The van der Waals surface area contributed by atoms with Gasteiger partial charge >= 0.3 is 0 Å². The number of anilines is 1. The van der Waals surface area contributed by atoms with Crippen LogP contribution in [0.5, 0.6) is 0 Å². The zero-order chi connectivity index (χ0) is 17.7. The molecule has 2 aromatic rings. The van der Waals surface area contributed by atoms with Gasteiger partial charge in [-0.3, -0.25) is 9.52 Å². The fourth-order valence-corrected chi connectivity index (χ4v) is 3.52. The summed E-state index contributed by atoms with van der Waals surface area (Å²) in [5, 5.41) is 3.37. The van der Waals surface area contributed by atoms with Crippen LogP contribution in [0.25, 0.3) is 0 Å². The first kappa shape index (κ1) is 18.6. The number of benzene rings is 2. The molecule has 0 spiro atoms. The summed E-state index contributed by atoms with van der Waals surface area (Å²) in [4.78, 5) is 11.9. The maximum atomic E-state index is 12.4. The summed E-state index contributed by atoms with van der Waals surface area (Å²) in [5.41, 5.74) is 0.658. The number of hydrogen-bond acceptors (Lipinski definition) is 3. The van der Waals surface area contributed by atoms with Crippen molar-refractivity contribution < 1.29 is 13.2 Å². The second-order valence-corrected chi connectivity index (χ2v) is 7.60. The van der Waals surface area contributed by atoms with Crippen LogP contribution in [0, 0.1) is 0 Å². The van der Waals surface area contributed by atoms with Gasteiger partial charge in [-0.05, 0) is 48.9 Å². The van der Waals surface area contributed by atoms with Crippen LogP contribution in [-0.2, 0) is 10.0 Å². The van der Waals surface area contributed by atoms with Crippen LogP contribution in [-0.4, -0.2) is 20.9 Å². The fraction of sp³-hybridized carbons (Fsp3) is 0.188. The second-order valence-electron chi connectivity index (χ2n) is 5.04. The first-order chi connectivity index (χ1) is 11.3. The van der Waals surface area contributed by atoms with E-state index in [2.05, 4.69) is 10.0 Å². The van der Waals surface area contributed by atoms with Crippen LogP contribution < -0.4 is 10.0 Å². The Morgan fingerprint density at radius 3 is 2.17 bits per heavy atom. The normalized spacial score (nSPS) is 11.1. The zero-order valence-corrected chi connectivity index (χ0v) is 15.2. The first-order valence-electron chi connectivity index (χ1n) is 7.19. The van der Waals surface area contributed by atoms with E-state index in [0.717, 1.165) is 6.42 Å². The van der Waals surface area contributed by atoms with Gasteiger partial charge in [0.25, 0.3) is 15.9 Å². The number of carbonyl (C=O) groups excluding carboxylic acids is 1. The lowest BCUT2D eigenvalue weighted by atomic mass is 10.2. The highest BCUT2D eigenvalue weighted by molar-refractivity contribution is 7.92. The van der Waals surface area contributed by atoms with E-state index in [1.165, 1.54) is 42.5 Å². The minimum atomic E-state index is -3.81. The van der Waals surface area contributed by atoms with Crippen molar-refractivity contribution in [2.24, 2.45) is 0 Å². The Hall–Kier alpha value is -1.76. The number of hydrogen-bond donors (Lipinski definition) is 2. The maximum absolute atomic E-state index is 12.4. The molecule has 2 rings (SSSR count). The van der Waals surface area contributed by atoms with Gasteiger partial charge in [-0.1, -0.05) is 30.1 Å². The van der Waals surface area contributed by atoms with Crippen molar-refractivity contribution in [2.75, 3.05) is 11.3 Å². The molecule has 8 heteroatoms. The van der Waals surface area contributed by atoms with Gasteiger partial charge in [0, 0.05) is 22.2 Å². The van der Waals surface area contributed by atoms with E-state index in [-0.39, 0.29) is 16.5 Å². The van der Waals surface area contributed by atoms with Gasteiger partial charge < -0.3 is 5.32 Å². The molecule has 0 heterocycles. The molecule has 0 aliphatic heterocycles. The van der Waals surface area contributed by atoms with Crippen molar-refractivity contribution in [1.29, 1.82) is 0 Å². The Morgan fingerprint density at radius 1 is 1.04 bits per heavy atom. The fourth-order valence-electron chi connectivity index (χ4n) is 1.95. The molecule has 0 aliphatic carbocycles. The number of sulfonamides is 1. The molecule has 0 aromatic heterocycles. The standard InChI is InChI=1S/C16H16Cl2N2O3S/c1-2-7-19-16(21)11-3-5-15(6-4-11)24(22,23)20-14-9-12(17)8-13(18)10-14/h3-6,8-10,20H,2,7H2,1H3,(H,19,21). The Balaban J connectivity index is 2.18. The van der Waals surface area contributed by atoms with Gasteiger partial charge in [0.15, 0.2) is 0 Å². The summed E-state index contributed by atoms with van der Waals surface area (Å²) in [6, 6.07) is 10.1. The van der Waals surface area contributed by atoms with E-state index < -0.39 is 10.0 Å². The molecule has 0 aliphatic rings. The van der Waals surface area contributed by atoms with Gasteiger partial charge in [-0.2, -0.15) is 0 Å². The van der Waals surface area contributed by atoms with Crippen molar-refractivity contribution in [3.8, 4) is 0 Å². The smallest absolute Gasteiger partial charge is 0.261 e. The summed E-state index contributed by atoms with van der Waals surface area (Å²) in [6.45, 7) is 2.51. The number of carbonyl (C=O) groups is 1. The van der Waals surface area contributed by atoms with Gasteiger partial charge in [0.05, 0.1) is 10.6 Å². The van der Waals surface area contributed by atoms with Gasteiger partial charge in [-0.25, -0.2) is 8.42 Å². The van der Waals surface area contributed by atoms with E-state index in [1.54, 1.807) is 0 Å². The Labute approximate surface area is 151 Å². The Morgan fingerprint density at radius 2 is 1.62 bits per heavy atom. The predicted molar refractivity (Wildman–Crippen MR) is 96.3 cm³/mol. The molecule has 0 fully saturated rings. The van der Waals surface area contributed by atoms with Gasteiger partial charge in [-0.15, -0.1) is 0 Å². The van der Waals surface area contributed by atoms with Gasteiger partial charge in [0.1, 0.15) is 0 Å². The summed E-state index contributed by atoms with van der Waals surface area (Å²) in [7, 11) is -3.81. The molecule has 0 saturated carbocycles. The highest BCUT2D eigenvalue weighted by Gasteiger charge is 2.15. The van der Waals surface area contributed by atoms with Crippen LogP contribution in [0.4, 0.5) is 5.69 Å². The van der Waals surface area contributed by atoms with Crippen LogP contribution in [0.2, 0.25) is 10.0 Å². The molecule has 5 nitrogen and oxygen atoms in total. The Kier molecular flexibility index (Phi) is 6.10. The molecule has 128 valence electrons. The van der Waals surface area contributed by atoms with Crippen molar-refractivity contribution in [3.05, 3.63) is 58.1 Å². The van der Waals surface area contributed by atoms with Crippen LogP contribution >= 0.6 is 23.2 Å². The zero-order valence-electron chi connectivity index (χ0n) is 12.8. The molecule has 1 amide bonds. The minimum absolute atomic E-state index is 0.0330. The van der Waals surface area contributed by atoms with E-state index in [4.69, 9.17) is 23.2 Å². The number of rotatable bonds is 6. The largest absolute Gasteiger partial charge is 0.352 e. The van der Waals surface area contributed by atoms with Crippen molar-refractivity contribution >= 4 is 44.8 Å². The third-order valence-electron chi connectivity index (χ3n) is 3.08. The Bertz CT molecular complexity index is 817. The molecule has 0 bridgehead atoms. The molecule has 2 aromatic carbocycles. The third kappa shape index (κ3) is 4.87. The van der Waals surface area contributed by atoms with E-state index in [1.807, 2.05) is 6.92 Å². The lowest BCUT2D eigenvalue weighted by Crippen LogP contribution is -2.24. The highest BCUT2D eigenvalue weighted by atomic mass is 35.5. The topological polar surface area (TPSA) is 75.3 Å². The van der Waals surface area contributed by atoms with E-state index >= 15 is 0 Å². The summed E-state index contributed by atoms with van der Waals surface area (Å²) < 4.78 is 27.2. The molecular weight excluding hydrogens is 371 g/mol. The highest BCUT2D eigenvalue weighted by Crippen LogP contribution is 2.24. The molecular formula is C16H16Cl2N2O3S. The predicted octanol–water partition coefficient (Wildman–Crippen LogP) is 3.93. The van der Waals surface area contributed by atoms with Crippen molar-refractivity contribution in [3.63, 3.8) is 0 Å². The molecule has 0 radical (unpaired) electrons. The molecule has 0 saturated heterocycles. The first-order valence-corrected chi connectivity index (χ1v) is 9.43. The van der Waals surface area contributed by atoms with Crippen molar-refractivity contribution in [1.82, 2.24) is 5.32 Å². The molecule has 0 atom stereocenters. The SMILES string of the molecule is CCCNC(=O)c1ccc(S(=O)(=O)Nc2cc(Cl)cc(Cl)c2)cc1. The maximum Gasteiger partial charge on any atom is 0.261 e. The van der Waals surface area contributed by atoms with E-state index in [0.29, 0.717) is 22.2 Å². The minimum Gasteiger partial charge on any atom is -0.352 e. The third-order valence-corrected chi connectivity index (χ3v) is 4.91. The van der Waals surface area contributed by atoms with Gasteiger partial charge in [0.2, 0.25) is 0 Å². The average molecular weight is 387 g/mol. The monoisotopic (exact) mass is 386 g/mol. The average Bonchev–Trinajstić information content (AvgIpc) is 2.51. The summed E-state index contributed by atoms with van der Waals surface area (Å²) in [5.74, 6) is -0.240. The number of amides is 1. The van der Waals surface area contributed by atoms with Crippen molar-refractivity contribution in [2.45, 2.75) is 18.2 Å². The summed E-state index contributed by atoms with van der Waals surface area (Å²) >= 11 is 11.7. The molecule has 0 unspecified atom stereocenters. The summed E-state index contributed by atoms with van der Waals surface area (Å²) in [6.07, 6.45) is 0.824. The lowest BCUT2D eigenvalue weighted by Gasteiger charge is -2.10. The second kappa shape index (κ2) is 7.88. The quantitative estimate of drug-likeness (QED) is 0.789. The van der Waals surface area contributed by atoms with Crippen LogP contribution in [0.15, 0.2) is 47.4 Å². The molecule has 2 N–H and O–H groups in total. The molecule has 24 heavy (non-hydrogen) atoms. The van der Waals surface area contributed by atoms with Crippen LogP contribution in [0.1, 0.15) is 23.7 Å². The van der Waals surface area contributed by atoms with E-state index in [9.17, 15) is 13.2 Å².